The number of hydrogen-bond acceptors (Lipinski definition) is 1. The summed E-state index contributed by atoms with van der Waals surface area (Å²) in [5.74, 6) is 0. The SMILES string of the molecule is CCc1cc(Br)c2[nH]ccc(=O)c2c1. The molecule has 0 saturated carbocycles. The van der Waals surface area contributed by atoms with Gasteiger partial charge in [-0.15, -0.1) is 0 Å². The average Bonchev–Trinajstić information content (AvgIpc) is 2.19. The summed E-state index contributed by atoms with van der Waals surface area (Å²) in [5.41, 5.74) is 2.10. The predicted molar refractivity (Wildman–Crippen MR) is 61.6 cm³/mol. The minimum absolute atomic E-state index is 0.0646. The highest BCUT2D eigenvalue weighted by Crippen LogP contribution is 2.21. The maximum Gasteiger partial charge on any atom is 0.189 e. The molecule has 0 radical (unpaired) electrons. The van der Waals surface area contributed by atoms with Crippen molar-refractivity contribution in [1.29, 1.82) is 0 Å². The lowest BCUT2D eigenvalue weighted by molar-refractivity contribution is 1.14. The van der Waals surface area contributed by atoms with Crippen molar-refractivity contribution in [2.45, 2.75) is 13.3 Å². The maximum atomic E-state index is 11.6. The van der Waals surface area contributed by atoms with Crippen LogP contribution in [0.2, 0.25) is 0 Å². The van der Waals surface area contributed by atoms with Gasteiger partial charge in [-0.1, -0.05) is 6.92 Å². The molecule has 72 valence electrons. The number of benzene rings is 1. The van der Waals surface area contributed by atoms with Crippen molar-refractivity contribution < 1.29 is 0 Å². The Balaban J connectivity index is 2.91. The van der Waals surface area contributed by atoms with Crippen molar-refractivity contribution in [3.05, 3.63) is 44.7 Å². The van der Waals surface area contributed by atoms with Crippen LogP contribution in [0.15, 0.2) is 33.7 Å². The highest BCUT2D eigenvalue weighted by Gasteiger charge is 2.03. The Morgan fingerprint density at radius 2 is 2.21 bits per heavy atom. The number of nitrogens with one attached hydrogen (secondary N) is 1. The van der Waals surface area contributed by atoms with Gasteiger partial charge in [-0.3, -0.25) is 4.79 Å². The molecule has 1 heterocycles. The second-order valence-corrected chi connectivity index (χ2v) is 4.05. The molecule has 1 aromatic carbocycles. The van der Waals surface area contributed by atoms with E-state index in [9.17, 15) is 4.79 Å². The first-order valence-electron chi connectivity index (χ1n) is 4.52. The van der Waals surface area contributed by atoms with Crippen LogP contribution in [0.1, 0.15) is 12.5 Å². The van der Waals surface area contributed by atoms with Crippen LogP contribution in [0.5, 0.6) is 0 Å². The highest BCUT2D eigenvalue weighted by molar-refractivity contribution is 9.10. The number of pyridine rings is 1. The molecule has 0 spiro atoms. The lowest BCUT2D eigenvalue weighted by Crippen LogP contribution is -2.01. The Bertz CT molecular complexity index is 530. The lowest BCUT2D eigenvalue weighted by atomic mass is 10.1. The molecule has 0 atom stereocenters. The first kappa shape index (κ1) is 9.46. The summed E-state index contributed by atoms with van der Waals surface area (Å²) >= 11 is 3.45. The molecule has 0 aliphatic rings. The van der Waals surface area contributed by atoms with E-state index in [1.54, 1.807) is 12.3 Å². The minimum Gasteiger partial charge on any atom is -0.360 e. The molecular weight excluding hydrogens is 242 g/mol. The van der Waals surface area contributed by atoms with Crippen molar-refractivity contribution in [3.8, 4) is 0 Å². The summed E-state index contributed by atoms with van der Waals surface area (Å²) < 4.78 is 0.949. The molecule has 2 nitrogen and oxygen atoms in total. The van der Waals surface area contributed by atoms with E-state index >= 15 is 0 Å². The Morgan fingerprint density at radius 3 is 2.93 bits per heavy atom. The third-order valence-corrected chi connectivity index (χ3v) is 2.91. The molecule has 14 heavy (non-hydrogen) atoms. The molecule has 0 fully saturated rings. The summed E-state index contributed by atoms with van der Waals surface area (Å²) in [6, 6.07) is 5.53. The van der Waals surface area contributed by atoms with Gasteiger partial charge < -0.3 is 4.98 Å². The van der Waals surface area contributed by atoms with Gasteiger partial charge in [0.15, 0.2) is 5.43 Å². The van der Waals surface area contributed by atoms with E-state index in [-0.39, 0.29) is 5.43 Å². The van der Waals surface area contributed by atoms with Gasteiger partial charge in [0.25, 0.3) is 0 Å². The standard InChI is InChI=1S/C11H10BrNO/c1-2-7-5-8-10(14)3-4-13-11(8)9(12)6-7/h3-6H,2H2,1H3,(H,13,14). The molecule has 0 amide bonds. The third kappa shape index (κ3) is 1.48. The number of aromatic nitrogens is 1. The monoisotopic (exact) mass is 251 g/mol. The van der Waals surface area contributed by atoms with Crippen LogP contribution in [-0.2, 0) is 6.42 Å². The smallest absolute Gasteiger partial charge is 0.189 e. The molecular formula is C11H10BrNO. The number of H-pyrrole nitrogens is 1. The molecule has 1 N–H and O–H groups in total. The van der Waals surface area contributed by atoms with Crippen LogP contribution in [0.3, 0.4) is 0 Å². The highest BCUT2D eigenvalue weighted by atomic mass is 79.9. The summed E-state index contributed by atoms with van der Waals surface area (Å²) in [6.07, 6.45) is 2.60. The fourth-order valence-electron chi connectivity index (χ4n) is 1.50. The van der Waals surface area contributed by atoms with Crippen LogP contribution < -0.4 is 5.43 Å². The van der Waals surface area contributed by atoms with Crippen LogP contribution in [0.25, 0.3) is 10.9 Å². The second-order valence-electron chi connectivity index (χ2n) is 3.20. The number of aryl methyl sites for hydroxylation is 1. The normalized spacial score (nSPS) is 10.7. The Morgan fingerprint density at radius 1 is 1.43 bits per heavy atom. The maximum absolute atomic E-state index is 11.6. The Hall–Kier alpha value is -1.09. The molecule has 0 unspecified atom stereocenters. The van der Waals surface area contributed by atoms with Crippen LogP contribution >= 0.6 is 15.9 Å². The van der Waals surface area contributed by atoms with E-state index in [2.05, 4.69) is 27.8 Å². The number of fused-ring (bicyclic) bond motifs is 1. The van der Waals surface area contributed by atoms with Crippen molar-refractivity contribution in [2.24, 2.45) is 0 Å². The van der Waals surface area contributed by atoms with Gasteiger partial charge in [0.2, 0.25) is 0 Å². The van der Waals surface area contributed by atoms with Gasteiger partial charge in [0.05, 0.1) is 5.52 Å². The Kier molecular flexibility index (Phi) is 2.42. The summed E-state index contributed by atoms with van der Waals surface area (Å²) in [6.45, 7) is 2.07. The van der Waals surface area contributed by atoms with E-state index in [0.717, 1.165) is 21.8 Å². The van der Waals surface area contributed by atoms with Gasteiger partial charge >= 0.3 is 0 Å². The first-order chi connectivity index (χ1) is 6.72. The van der Waals surface area contributed by atoms with Gasteiger partial charge in [-0.2, -0.15) is 0 Å². The third-order valence-electron chi connectivity index (χ3n) is 2.29. The number of hydrogen-bond donors (Lipinski definition) is 1. The van der Waals surface area contributed by atoms with E-state index in [4.69, 9.17) is 0 Å². The summed E-state index contributed by atoms with van der Waals surface area (Å²) in [5, 5.41) is 0.749. The van der Waals surface area contributed by atoms with E-state index in [1.165, 1.54) is 5.56 Å². The fourth-order valence-corrected chi connectivity index (χ4v) is 2.12. The molecule has 0 aliphatic heterocycles. The number of aromatic amines is 1. The van der Waals surface area contributed by atoms with Crippen molar-refractivity contribution >= 4 is 26.8 Å². The van der Waals surface area contributed by atoms with Crippen molar-refractivity contribution in [1.82, 2.24) is 4.98 Å². The summed E-state index contributed by atoms with van der Waals surface area (Å²) in [7, 11) is 0. The van der Waals surface area contributed by atoms with Gasteiger partial charge in [0.1, 0.15) is 0 Å². The van der Waals surface area contributed by atoms with E-state index in [1.807, 2.05) is 12.1 Å². The molecule has 0 aliphatic carbocycles. The molecule has 0 saturated heterocycles. The predicted octanol–water partition coefficient (Wildman–Crippen LogP) is 2.85. The van der Waals surface area contributed by atoms with Crippen LogP contribution in [-0.4, -0.2) is 4.98 Å². The zero-order chi connectivity index (χ0) is 10.1. The molecule has 2 aromatic rings. The molecule has 3 heteroatoms. The molecule has 0 bridgehead atoms. The van der Waals surface area contributed by atoms with Crippen LogP contribution in [0, 0.1) is 0 Å². The Labute approximate surface area is 90.1 Å². The van der Waals surface area contributed by atoms with Crippen LogP contribution in [0.4, 0.5) is 0 Å². The van der Waals surface area contributed by atoms with Gasteiger partial charge in [0, 0.05) is 22.1 Å². The van der Waals surface area contributed by atoms with Gasteiger partial charge in [-0.05, 0) is 40.0 Å². The minimum atomic E-state index is 0.0646. The van der Waals surface area contributed by atoms with Crippen molar-refractivity contribution in [3.63, 3.8) is 0 Å². The zero-order valence-corrected chi connectivity index (χ0v) is 9.39. The fraction of sp³-hybridized carbons (Fsp3) is 0.182. The zero-order valence-electron chi connectivity index (χ0n) is 7.80. The topological polar surface area (TPSA) is 32.9 Å². The second kappa shape index (κ2) is 3.58. The largest absolute Gasteiger partial charge is 0.360 e. The number of rotatable bonds is 1. The first-order valence-corrected chi connectivity index (χ1v) is 5.31. The van der Waals surface area contributed by atoms with Crippen molar-refractivity contribution in [2.75, 3.05) is 0 Å². The van der Waals surface area contributed by atoms with Gasteiger partial charge in [-0.25, -0.2) is 0 Å². The molecule has 1 aromatic heterocycles. The average molecular weight is 252 g/mol. The summed E-state index contributed by atoms with van der Waals surface area (Å²) in [4.78, 5) is 14.6. The quantitative estimate of drug-likeness (QED) is 0.831. The molecule has 2 rings (SSSR count). The van der Waals surface area contributed by atoms with E-state index in [0.29, 0.717) is 0 Å². The number of halogens is 1. The lowest BCUT2D eigenvalue weighted by Gasteiger charge is -2.03. The van der Waals surface area contributed by atoms with E-state index < -0.39 is 0 Å².